The molecule has 10 nitrogen and oxygen atoms in total. The molecule has 330 valence electrons. The molecule has 0 radical (unpaired) electrons. The third-order valence-electron chi connectivity index (χ3n) is 12.0. The molecule has 0 bridgehead atoms. The maximum absolute atomic E-state index is 11.5. The van der Waals surface area contributed by atoms with Gasteiger partial charge in [0.15, 0.2) is 0 Å². The van der Waals surface area contributed by atoms with Gasteiger partial charge in [-0.2, -0.15) is 0 Å². The number of aliphatic hydroxyl groups excluding tert-OH is 6. The Hall–Kier alpha value is -3.38. The summed E-state index contributed by atoms with van der Waals surface area (Å²) in [5.41, 5.74) is 2.43. The van der Waals surface area contributed by atoms with Crippen molar-refractivity contribution in [3.8, 4) is 0 Å². The lowest BCUT2D eigenvalue weighted by Gasteiger charge is -2.23. The summed E-state index contributed by atoms with van der Waals surface area (Å²) in [5.74, 6) is -0.945. The lowest BCUT2D eigenvalue weighted by Crippen LogP contribution is -2.23. The summed E-state index contributed by atoms with van der Waals surface area (Å²) in [5, 5.41) is 70.8. The molecule has 4 rings (SSSR count). The first-order valence-corrected chi connectivity index (χ1v) is 22.2. The van der Waals surface area contributed by atoms with Crippen LogP contribution in [0.2, 0.25) is 0 Å². The number of ether oxygens (including phenoxy) is 1. The number of carboxylic acid groups (broad SMARTS) is 1. The second-order valence-corrected chi connectivity index (χ2v) is 17.0. The Morgan fingerprint density at radius 1 is 0.610 bits per heavy atom. The Bertz CT molecular complexity index is 1480. The second-order valence-electron chi connectivity index (χ2n) is 17.0. The van der Waals surface area contributed by atoms with Crippen LogP contribution in [0, 0.1) is 23.7 Å². The molecule has 2 saturated carbocycles. The summed E-state index contributed by atoms with van der Waals surface area (Å²) in [6.45, 7) is 3.69. The molecule has 2 aromatic carbocycles. The van der Waals surface area contributed by atoms with Gasteiger partial charge in [0.25, 0.3) is 0 Å². The van der Waals surface area contributed by atoms with Gasteiger partial charge in [0.1, 0.15) is 0 Å². The number of esters is 1. The number of allylic oxidation sites excluding steroid dienone is 4. The highest BCUT2D eigenvalue weighted by Crippen LogP contribution is 2.40. The van der Waals surface area contributed by atoms with Crippen LogP contribution in [0.1, 0.15) is 128 Å². The highest BCUT2D eigenvalue weighted by molar-refractivity contribution is 5.69. The van der Waals surface area contributed by atoms with E-state index in [1.54, 1.807) is 0 Å². The van der Waals surface area contributed by atoms with Crippen molar-refractivity contribution in [3.63, 3.8) is 0 Å². The number of hydrogen-bond acceptors (Lipinski definition) is 9. The van der Waals surface area contributed by atoms with E-state index in [1.807, 2.05) is 68.5 Å². The minimum Gasteiger partial charge on any atom is -0.481 e. The molecule has 10 heteroatoms. The fourth-order valence-corrected chi connectivity index (χ4v) is 8.63. The molecule has 0 unspecified atom stereocenters. The smallest absolute Gasteiger partial charge is 0.306 e. The van der Waals surface area contributed by atoms with Crippen molar-refractivity contribution < 1.29 is 50.1 Å². The Kier molecular flexibility index (Phi) is 23.9. The molecular formula is C49H74O10. The Morgan fingerprint density at radius 3 is 1.42 bits per heavy atom. The van der Waals surface area contributed by atoms with E-state index in [2.05, 4.69) is 30.3 Å². The third kappa shape index (κ3) is 20.2. The number of carbonyl (C=O) groups excluding carboxylic acids is 1. The van der Waals surface area contributed by atoms with Crippen molar-refractivity contribution >= 4 is 11.9 Å². The Balaban J connectivity index is 0.000000317. The lowest BCUT2D eigenvalue weighted by atomic mass is 9.85. The summed E-state index contributed by atoms with van der Waals surface area (Å²) in [6.07, 6.45) is 16.5. The molecule has 0 aromatic heterocycles. The predicted octanol–water partition coefficient (Wildman–Crippen LogP) is 7.51. The van der Waals surface area contributed by atoms with Crippen LogP contribution in [0.25, 0.3) is 0 Å². The maximum atomic E-state index is 11.5. The van der Waals surface area contributed by atoms with Crippen LogP contribution in [0.3, 0.4) is 0 Å². The molecule has 0 saturated heterocycles. The van der Waals surface area contributed by atoms with E-state index in [-0.39, 0.29) is 42.2 Å². The van der Waals surface area contributed by atoms with Crippen LogP contribution in [0.15, 0.2) is 85.0 Å². The van der Waals surface area contributed by atoms with E-state index in [9.17, 15) is 40.2 Å². The van der Waals surface area contributed by atoms with E-state index in [0.29, 0.717) is 83.5 Å². The van der Waals surface area contributed by atoms with E-state index in [0.717, 1.165) is 25.7 Å². The maximum Gasteiger partial charge on any atom is 0.306 e. The van der Waals surface area contributed by atoms with Gasteiger partial charge in [-0.25, -0.2) is 0 Å². The van der Waals surface area contributed by atoms with E-state index < -0.39 is 42.6 Å². The quantitative estimate of drug-likeness (QED) is 0.0301. The van der Waals surface area contributed by atoms with Crippen LogP contribution in [-0.2, 0) is 27.2 Å². The van der Waals surface area contributed by atoms with Gasteiger partial charge in [-0.1, -0.05) is 85.0 Å². The SMILES string of the molecule is CC(C)OC(=O)CCC/C=C\C[C@@H]1[C@@H](CC[C@@H](O)CCc2ccccc2)[C@H](O)C[C@@H]1O.O=C(O)CCC/C=C\C[C@@H]1[C@@H](CC[C@@H](O)CCc2ccccc2)[C@H](O)C[C@@H]1O. The van der Waals surface area contributed by atoms with Gasteiger partial charge in [0, 0.05) is 12.8 Å². The van der Waals surface area contributed by atoms with Crippen molar-refractivity contribution in [3.05, 3.63) is 96.1 Å². The molecule has 2 fully saturated rings. The molecule has 2 aromatic rings. The average Bonchev–Trinajstić information content (AvgIpc) is 3.64. The first kappa shape index (κ1) is 50.0. The molecule has 2 aliphatic carbocycles. The topological polar surface area (TPSA) is 185 Å². The van der Waals surface area contributed by atoms with Gasteiger partial charge in [0.05, 0.1) is 42.7 Å². The van der Waals surface area contributed by atoms with Crippen molar-refractivity contribution in [2.45, 2.75) is 172 Å². The number of rotatable bonds is 25. The minimum atomic E-state index is -0.784. The molecule has 59 heavy (non-hydrogen) atoms. The summed E-state index contributed by atoms with van der Waals surface area (Å²) in [4.78, 5) is 22.1. The molecule has 2 aliphatic rings. The van der Waals surface area contributed by atoms with Crippen LogP contribution in [0.5, 0.6) is 0 Å². The van der Waals surface area contributed by atoms with Crippen LogP contribution in [0.4, 0.5) is 0 Å². The summed E-state index contributed by atoms with van der Waals surface area (Å²) < 4.78 is 5.12. The summed E-state index contributed by atoms with van der Waals surface area (Å²) in [7, 11) is 0. The number of aliphatic hydroxyl groups is 6. The third-order valence-corrected chi connectivity index (χ3v) is 12.0. The van der Waals surface area contributed by atoms with E-state index >= 15 is 0 Å². The molecule has 0 amide bonds. The largest absolute Gasteiger partial charge is 0.481 e. The van der Waals surface area contributed by atoms with Crippen molar-refractivity contribution in [2.24, 2.45) is 23.7 Å². The number of benzene rings is 2. The Labute approximate surface area is 353 Å². The molecule has 0 heterocycles. The van der Waals surface area contributed by atoms with Crippen molar-refractivity contribution in [1.29, 1.82) is 0 Å². The summed E-state index contributed by atoms with van der Waals surface area (Å²) in [6, 6.07) is 20.2. The fraction of sp³-hybridized carbons (Fsp3) is 0.633. The van der Waals surface area contributed by atoms with Gasteiger partial charge in [-0.15, -0.1) is 0 Å². The zero-order valence-corrected chi connectivity index (χ0v) is 35.5. The molecule has 7 N–H and O–H groups in total. The first-order chi connectivity index (χ1) is 28.3. The van der Waals surface area contributed by atoms with Gasteiger partial charge in [-0.3, -0.25) is 9.59 Å². The first-order valence-electron chi connectivity index (χ1n) is 22.2. The lowest BCUT2D eigenvalue weighted by molar-refractivity contribution is -0.147. The molecule has 10 atom stereocenters. The molecular weight excluding hydrogens is 749 g/mol. The fourth-order valence-electron chi connectivity index (χ4n) is 8.63. The van der Waals surface area contributed by atoms with Gasteiger partial charge in [0.2, 0.25) is 0 Å². The number of unbranched alkanes of at least 4 members (excludes halogenated alkanes) is 2. The van der Waals surface area contributed by atoms with Gasteiger partial charge < -0.3 is 40.5 Å². The number of aliphatic carboxylic acids is 1. The van der Waals surface area contributed by atoms with Crippen LogP contribution in [-0.4, -0.2) is 90.4 Å². The monoisotopic (exact) mass is 823 g/mol. The highest BCUT2D eigenvalue weighted by Gasteiger charge is 2.41. The zero-order valence-electron chi connectivity index (χ0n) is 35.5. The zero-order chi connectivity index (χ0) is 43.0. The second kappa shape index (κ2) is 28.2. The van der Waals surface area contributed by atoms with Crippen molar-refractivity contribution in [2.75, 3.05) is 0 Å². The molecule has 0 spiro atoms. The van der Waals surface area contributed by atoms with E-state index in [4.69, 9.17) is 9.84 Å². The average molecular weight is 823 g/mol. The van der Waals surface area contributed by atoms with Crippen LogP contribution >= 0.6 is 0 Å². The summed E-state index contributed by atoms with van der Waals surface area (Å²) >= 11 is 0. The van der Waals surface area contributed by atoms with Gasteiger partial charge >= 0.3 is 11.9 Å². The van der Waals surface area contributed by atoms with Crippen LogP contribution < -0.4 is 0 Å². The normalized spacial score (nSPS) is 25.3. The van der Waals surface area contributed by atoms with E-state index in [1.165, 1.54) is 11.1 Å². The number of hydrogen-bond donors (Lipinski definition) is 7. The standard InChI is InChI=1S/C26H40O5.C23H34O5/c1-19(2)31-26(30)13-9-4-3-8-12-22-23(25(29)18-24(22)28)17-16-21(27)15-14-20-10-6-5-7-11-20;24-18(13-12-17-8-4-3-5-9-17)14-15-20-19(21(25)16-22(20)26)10-6-1-2-7-11-23(27)28/h3,5-8,10-11,19,21-25,27-29H,4,9,12-18H2,1-2H3;1,3-6,8-9,18-22,24-26H,2,7,10-16H2,(H,27,28)/b8-3-;6-1-/t21-,22+,23+,24-,25+;18-,19+,20+,21-,22+/m00/s1. The Morgan fingerprint density at radius 2 is 1.02 bits per heavy atom. The minimum absolute atomic E-state index is 0.00652. The van der Waals surface area contributed by atoms with Crippen molar-refractivity contribution in [1.82, 2.24) is 0 Å². The highest BCUT2D eigenvalue weighted by atomic mass is 16.5. The van der Waals surface area contributed by atoms with Gasteiger partial charge in [-0.05, 0) is 151 Å². The number of aryl methyl sites for hydroxylation is 2. The molecule has 0 aliphatic heterocycles. The number of carboxylic acids is 1. The number of carbonyl (C=O) groups is 2. The predicted molar refractivity (Wildman–Crippen MR) is 231 cm³/mol.